The number of hydrogen-bond donors (Lipinski definition) is 1. The van der Waals surface area contributed by atoms with Crippen LogP contribution in [-0.4, -0.2) is 32.2 Å². The summed E-state index contributed by atoms with van der Waals surface area (Å²) in [5.74, 6) is 0.671. The second-order valence-electron chi connectivity index (χ2n) is 8.08. The Morgan fingerprint density at radius 2 is 1.91 bits per heavy atom. The second kappa shape index (κ2) is 10.3. The maximum Gasteiger partial charge on any atom is 0.342 e. The number of para-hydroxylation sites is 1. The molecule has 0 spiro atoms. The van der Waals surface area contributed by atoms with Crippen molar-refractivity contribution in [2.45, 2.75) is 59.7 Å². The lowest BCUT2D eigenvalue weighted by molar-refractivity contribution is 0.0454. The van der Waals surface area contributed by atoms with Crippen LogP contribution in [0.15, 0.2) is 33.9 Å². The molecular weight excluding hydrogens is 412 g/mol. The van der Waals surface area contributed by atoms with Gasteiger partial charge < -0.3 is 14.0 Å². The Labute approximate surface area is 186 Å². The molecule has 0 saturated heterocycles. The van der Waals surface area contributed by atoms with E-state index in [2.05, 4.69) is 23.8 Å². The van der Waals surface area contributed by atoms with Crippen LogP contribution in [0, 0.1) is 5.92 Å². The first-order valence-electron chi connectivity index (χ1n) is 10.9. The number of aromatic amines is 1. The number of aromatic nitrogens is 4. The van der Waals surface area contributed by atoms with Crippen LogP contribution < -0.4 is 16.0 Å². The molecule has 3 rings (SSSR count). The van der Waals surface area contributed by atoms with Crippen molar-refractivity contribution in [3.63, 3.8) is 0 Å². The molecule has 2 aromatic heterocycles. The zero-order chi connectivity index (χ0) is 23.3. The fourth-order valence-corrected chi connectivity index (χ4v) is 3.50. The summed E-state index contributed by atoms with van der Waals surface area (Å²) < 4.78 is 14.0. The Morgan fingerprint density at radius 3 is 2.59 bits per heavy atom. The molecule has 1 N–H and O–H groups in total. The Hall–Kier alpha value is -3.36. The molecule has 0 atom stereocenters. The average Bonchev–Trinajstić information content (AvgIpc) is 3.14. The van der Waals surface area contributed by atoms with Crippen LogP contribution in [0.3, 0.4) is 0 Å². The van der Waals surface area contributed by atoms with Crippen molar-refractivity contribution in [2.24, 2.45) is 5.92 Å². The summed E-state index contributed by atoms with van der Waals surface area (Å²) in [7, 11) is 1.49. The Bertz CT molecular complexity index is 1210. The van der Waals surface area contributed by atoms with Crippen molar-refractivity contribution in [1.29, 1.82) is 0 Å². The number of carbonyl (C=O) groups is 1. The summed E-state index contributed by atoms with van der Waals surface area (Å²) in [6, 6.07) is 6.79. The molecule has 0 aliphatic heterocycles. The predicted molar refractivity (Wildman–Crippen MR) is 121 cm³/mol. The first-order chi connectivity index (χ1) is 15.4. The lowest BCUT2D eigenvalue weighted by Crippen LogP contribution is -2.31. The number of rotatable bonds is 10. The maximum atomic E-state index is 12.7. The number of H-pyrrole nitrogens is 1. The highest BCUT2D eigenvalue weighted by Crippen LogP contribution is 2.20. The van der Waals surface area contributed by atoms with Crippen molar-refractivity contribution in [3.05, 3.63) is 56.5 Å². The van der Waals surface area contributed by atoms with E-state index in [1.807, 2.05) is 6.92 Å². The molecule has 9 nitrogen and oxygen atoms in total. The molecule has 0 fully saturated rings. The van der Waals surface area contributed by atoms with E-state index in [4.69, 9.17) is 9.47 Å². The molecule has 0 amide bonds. The van der Waals surface area contributed by atoms with E-state index in [0.29, 0.717) is 47.3 Å². The molecule has 1 aromatic carbocycles. The standard InChI is InChI=1S/C23H30N4O5/c1-5-6-12-27-20-19(21(28)25-23(27)30)26(13-11-15(2)3)18(24-20)14-32-22(29)16-9-7-8-10-17(16)31-4/h7-10,15H,5-6,11-14H2,1-4H3,(H,25,28,30). The number of aryl methyl sites for hydroxylation is 2. The van der Waals surface area contributed by atoms with Crippen LogP contribution in [0.2, 0.25) is 0 Å². The minimum Gasteiger partial charge on any atom is -0.496 e. The highest BCUT2D eigenvalue weighted by Gasteiger charge is 2.21. The number of carbonyl (C=O) groups excluding carboxylic acids is 1. The molecule has 0 unspecified atom stereocenters. The fraction of sp³-hybridized carbons (Fsp3) is 0.478. The average molecular weight is 443 g/mol. The largest absolute Gasteiger partial charge is 0.496 e. The van der Waals surface area contributed by atoms with E-state index in [9.17, 15) is 14.4 Å². The molecule has 0 aliphatic rings. The first kappa shape index (κ1) is 23.3. The summed E-state index contributed by atoms with van der Waals surface area (Å²) in [5, 5.41) is 0. The van der Waals surface area contributed by atoms with Crippen molar-refractivity contribution in [2.75, 3.05) is 7.11 Å². The van der Waals surface area contributed by atoms with Gasteiger partial charge in [-0.05, 0) is 30.9 Å². The third-order valence-corrected chi connectivity index (χ3v) is 5.29. The summed E-state index contributed by atoms with van der Waals surface area (Å²) in [6.45, 7) is 7.03. The monoisotopic (exact) mass is 442 g/mol. The maximum absolute atomic E-state index is 12.7. The quantitative estimate of drug-likeness (QED) is 0.484. The van der Waals surface area contributed by atoms with Gasteiger partial charge in [0.05, 0.1) is 7.11 Å². The van der Waals surface area contributed by atoms with Gasteiger partial charge in [0.1, 0.15) is 23.7 Å². The second-order valence-corrected chi connectivity index (χ2v) is 8.08. The third-order valence-electron chi connectivity index (χ3n) is 5.29. The Kier molecular flexibility index (Phi) is 7.50. The van der Waals surface area contributed by atoms with Crippen LogP contribution in [0.4, 0.5) is 0 Å². The SMILES string of the molecule is CCCCn1c(=O)[nH]c(=O)c2c1nc(COC(=O)c1ccccc1OC)n2CCC(C)C. The number of ether oxygens (including phenoxy) is 2. The van der Waals surface area contributed by atoms with Crippen LogP contribution in [0.5, 0.6) is 5.75 Å². The van der Waals surface area contributed by atoms with Gasteiger partial charge in [-0.2, -0.15) is 0 Å². The van der Waals surface area contributed by atoms with E-state index in [1.165, 1.54) is 11.7 Å². The molecule has 0 radical (unpaired) electrons. The smallest absolute Gasteiger partial charge is 0.342 e. The number of benzene rings is 1. The lowest BCUT2D eigenvalue weighted by atomic mass is 10.1. The number of imidazole rings is 1. The summed E-state index contributed by atoms with van der Waals surface area (Å²) in [5.41, 5.74) is -0.0279. The van der Waals surface area contributed by atoms with E-state index in [-0.39, 0.29) is 6.61 Å². The molecule has 32 heavy (non-hydrogen) atoms. The molecule has 9 heteroatoms. The van der Waals surface area contributed by atoms with Crippen molar-refractivity contribution in [1.82, 2.24) is 19.1 Å². The molecule has 172 valence electrons. The van der Waals surface area contributed by atoms with Crippen molar-refractivity contribution < 1.29 is 14.3 Å². The topological polar surface area (TPSA) is 108 Å². The van der Waals surface area contributed by atoms with Gasteiger partial charge in [-0.1, -0.05) is 39.3 Å². The van der Waals surface area contributed by atoms with Gasteiger partial charge in [-0.3, -0.25) is 14.3 Å². The van der Waals surface area contributed by atoms with Gasteiger partial charge in [0.25, 0.3) is 5.56 Å². The van der Waals surface area contributed by atoms with Crippen molar-refractivity contribution >= 4 is 17.1 Å². The summed E-state index contributed by atoms with van der Waals surface area (Å²) in [4.78, 5) is 44.8. The molecule has 0 bridgehead atoms. The molecule has 0 aliphatic carbocycles. The number of methoxy groups -OCH3 is 1. The van der Waals surface area contributed by atoms with Gasteiger partial charge in [0.15, 0.2) is 11.2 Å². The van der Waals surface area contributed by atoms with Crippen LogP contribution in [0.1, 0.15) is 56.2 Å². The van der Waals surface area contributed by atoms with Gasteiger partial charge in [-0.25, -0.2) is 14.6 Å². The van der Waals surface area contributed by atoms with Gasteiger partial charge in [0.2, 0.25) is 0 Å². The lowest BCUT2D eigenvalue weighted by Gasteiger charge is -2.12. The minimum absolute atomic E-state index is 0.134. The van der Waals surface area contributed by atoms with Crippen molar-refractivity contribution in [3.8, 4) is 5.75 Å². The van der Waals surface area contributed by atoms with Gasteiger partial charge in [-0.15, -0.1) is 0 Å². The van der Waals surface area contributed by atoms with E-state index >= 15 is 0 Å². The summed E-state index contributed by atoms with van der Waals surface area (Å²) >= 11 is 0. The normalized spacial score (nSPS) is 11.3. The zero-order valence-corrected chi connectivity index (χ0v) is 19.0. The van der Waals surface area contributed by atoms with Crippen LogP contribution >= 0.6 is 0 Å². The van der Waals surface area contributed by atoms with Crippen LogP contribution in [0.25, 0.3) is 11.2 Å². The number of hydrogen-bond acceptors (Lipinski definition) is 6. The number of esters is 1. The van der Waals surface area contributed by atoms with Crippen LogP contribution in [-0.2, 0) is 24.4 Å². The summed E-state index contributed by atoms with van der Waals surface area (Å²) in [6.07, 6.45) is 2.47. The number of fused-ring (bicyclic) bond motifs is 1. The number of nitrogens with zero attached hydrogens (tertiary/aromatic N) is 3. The molecular formula is C23H30N4O5. The third kappa shape index (κ3) is 4.92. The van der Waals surface area contributed by atoms with E-state index < -0.39 is 17.2 Å². The highest BCUT2D eigenvalue weighted by atomic mass is 16.5. The molecule has 2 heterocycles. The fourth-order valence-electron chi connectivity index (χ4n) is 3.50. The number of unbranched alkanes of at least 4 members (excludes halogenated alkanes) is 1. The Balaban J connectivity index is 2.01. The number of nitrogens with one attached hydrogen (secondary N) is 1. The minimum atomic E-state index is -0.554. The predicted octanol–water partition coefficient (Wildman–Crippen LogP) is 3.10. The van der Waals surface area contributed by atoms with E-state index in [1.54, 1.807) is 28.8 Å². The van der Waals surface area contributed by atoms with E-state index in [0.717, 1.165) is 19.3 Å². The molecule has 0 saturated carbocycles. The van der Waals surface area contributed by atoms with Gasteiger partial charge >= 0.3 is 11.7 Å². The molecule has 3 aromatic rings. The first-order valence-corrected chi connectivity index (χ1v) is 10.9. The van der Waals surface area contributed by atoms with Gasteiger partial charge in [0, 0.05) is 13.1 Å². The zero-order valence-electron chi connectivity index (χ0n) is 19.0. The highest BCUT2D eigenvalue weighted by molar-refractivity contribution is 5.92. The Morgan fingerprint density at radius 1 is 1.16 bits per heavy atom.